The summed E-state index contributed by atoms with van der Waals surface area (Å²) in [6, 6.07) is 8.98. The summed E-state index contributed by atoms with van der Waals surface area (Å²) in [5.41, 5.74) is -0.0494. The van der Waals surface area contributed by atoms with Gasteiger partial charge in [-0.25, -0.2) is 18.4 Å². The third kappa shape index (κ3) is 5.48. The zero-order valence-corrected chi connectivity index (χ0v) is 19.9. The molecular weight excluding hydrogens is 464 g/mol. The minimum atomic E-state index is -1.39. The number of carbonyl (C=O) groups excluding carboxylic acids is 1. The van der Waals surface area contributed by atoms with Gasteiger partial charge in [0, 0.05) is 18.7 Å². The van der Waals surface area contributed by atoms with E-state index in [2.05, 4.69) is 11.4 Å². The largest absolute Gasteiger partial charge is 0.478 e. The number of nitrogens with zero attached hydrogens (tertiary/aromatic N) is 2. The first-order valence-corrected chi connectivity index (χ1v) is 11.2. The van der Waals surface area contributed by atoms with Crippen molar-refractivity contribution in [3.05, 3.63) is 69.7 Å². The third-order valence-corrected chi connectivity index (χ3v) is 6.20. The minimum absolute atomic E-state index is 0.0714. The predicted molar refractivity (Wildman–Crippen MR) is 123 cm³/mol. The van der Waals surface area contributed by atoms with Crippen molar-refractivity contribution in [2.45, 2.75) is 39.8 Å². The second-order valence-electron chi connectivity index (χ2n) is 9.70. The molecule has 3 unspecified atom stereocenters. The molecule has 180 valence electrons. The topological polar surface area (TPSA) is 93.4 Å². The van der Waals surface area contributed by atoms with E-state index in [-0.39, 0.29) is 35.0 Å². The molecule has 0 spiro atoms. The van der Waals surface area contributed by atoms with Gasteiger partial charge in [0.25, 0.3) is 0 Å². The number of aromatic carboxylic acids is 1. The number of carboxylic acids is 1. The Kier molecular flexibility index (Phi) is 7.47. The average Bonchev–Trinajstić information content (AvgIpc) is 3.10. The lowest BCUT2D eigenvalue weighted by molar-refractivity contribution is 0.0691. The Bertz CT molecular complexity index is 1140. The van der Waals surface area contributed by atoms with Gasteiger partial charge in [0.2, 0.25) is 0 Å². The molecule has 3 rings (SSSR count). The molecule has 3 atom stereocenters. The van der Waals surface area contributed by atoms with E-state index < -0.39 is 41.2 Å². The Morgan fingerprint density at radius 3 is 2.56 bits per heavy atom. The minimum Gasteiger partial charge on any atom is -0.478 e. The highest BCUT2D eigenvalue weighted by atomic mass is 35.5. The first kappa shape index (κ1) is 25.4. The third-order valence-electron chi connectivity index (χ3n) is 5.91. The summed E-state index contributed by atoms with van der Waals surface area (Å²) < 4.78 is 29.0. The van der Waals surface area contributed by atoms with E-state index in [4.69, 9.17) is 16.7 Å². The van der Waals surface area contributed by atoms with E-state index in [9.17, 15) is 23.6 Å². The lowest BCUT2D eigenvalue weighted by Crippen LogP contribution is -2.40. The highest BCUT2D eigenvalue weighted by Crippen LogP contribution is 2.46. The van der Waals surface area contributed by atoms with E-state index >= 15 is 0 Å². The molecule has 1 aliphatic heterocycles. The quantitative estimate of drug-likeness (QED) is 0.557. The van der Waals surface area contributed by atoms with Gasteiger partial charge in [0.05, 0.1) is 28.6 Å². The van der Waals surface area contributed by atoms with Crippen molar-refractivity contribution < 1.29 is 23.5 Å². The van der Waals surface area contributed by atoms with Crippen LogP contribution in [0.15, 0.2) is 36.4 Å². The summed E-state index contributed by atoms with van der Waals surface area (Å²) in [6.07, 6.45) is 0.648. The van der Waals surface area contributed by atoms with Crippen LogP contribution in [0.25, 0.3) is 0 Å². The molecule has 2 N–H and O–H groups in total. The molecule has 2 amide bonds. The zero-order chi connectivity index (χ0) is 25.2. The summed E-state index contributed by atoms with van der Waals surface area (Å²) >= 11 is 5.99. The summed E-state index contributed by atoms with van der Waals surface area (Å²) in [5, 5.41) is 21.5. The number of benzene rings is 2. The molecule has 6 nitrogen and oxygen atoms in total. The van der Waals surface area contributed by atoms with E-state index in [0.29, 0.717) is 12.0 Å². The summed E-state index contributed by atoms with van der Waals surface area (Å²) in [4.78, 5) is 25.6. The monoisotopic (exact) mass is 489 g/mol. The van der Waals surface area contributed by atoms with Gasteiger partial charge in [-0.1, -0.05) is 50.6 Å². The van der Waals surface area contributed by atoms with Gasteiger partial charge in [0.15, 0.2) is 0 Å². The normalized spacial score (nSPS) is 20.1. The first-order valence-electron chi connectivity index (χ1n) is 10.8. The van der Waals surface area contributed by atoms with Crippen LogP contribution >= 0.6 is 11.6 Å². The fraction of sp³-hybridized carbons (Fsp3) is 0.400. The smallest absolute Gasteiger partial charge is 0.338 e. The Hall–Kier alpha value is -3.18. The molecule has 1 fully saturated rings. The second-order valence-corrected chi connectivity index (χ2v) is 10.1. The van der Waals surface area contributed by atoms with Crippen LogP contribution in [0, 0.1) is 40.2 Å². The average molecular weight is 490 g/mol. The first-order chi connectivity index (χ1) is 15.9. The molecule has 1 aliphatic rings. The SMILES string of the molecule is CC(C)(C)CC1CN(C(=O)NCc2ccc(C(=O)O)c(F)c2)C(c2cccc(Cl)c2F)C1C#N. The number of carbonyl (C=O) groups is 2. The van der Waals surface area contributed by atoms with Gasteiger partial charge >= 0.3 is 12.0 Å². The van der Waals surface area contributed by atoms with Crippen LogP contribution in [0.1, 0.15) is 54.7 Å². The Morgan fingerprint density at radius 1 is 1.26 bits per heavy atom. The number of likely N-dealkylation sites (tertiary alicyclic amines) is 1. The van der Waals surface area contributed by atoms with Gasteiger partial charge in [-0.2, -0.15) is 5.26 Å². The number of rotatable bonds is 5. The highest BCUT2D eigenvalue weighted by Gasteiger charge is 2.47. The van der Waals surface area contributed by atoms with Crippen molar-refractivity contribution in [2.24, 2.45) is 17.3 Å². The van der Waals surface area contributed by atoms with Gasteiger partial charge in [-0.3, -0.25) is 0 Å². The zero-order valence-electron chi connectivity index (χ0n) is 19.1. The number of carboxylic acid groups (broad SMARTS) is 1. The fourth-order valence-corrected chi connectivity index (χ4v) is 4.71. The van der Waals surface area contributed by atoms with Crippen LogP contribution in [0.2, 0.25) is 5.02 Å². The van der Waals surface area contributed by atoms with Crippen molar-refractivity contribution >= 4 is 23.6 Å². The van der Waals surface area contributed by atoms with Gasteiger partial charge in [-0.05, 0) is 41.5 Å². The van der Waals surface area contributed by atoms with Crippen LogP contribution in [0.4, 0.5) is 13.6 Å². The number of hydrogen-bond acceptors (Lipinski definition) is 3. The standard InChI is InChI=1S/C25H26ClF2N3O3/c1-25(2,3)10-15-13-31(22(18(15)11-29)17-5-4-6-19(26)21(17)28)24(34)30-12-14-7-8-16(23(32)33)20(27)9-14/h4-9,15,18,22H,10,12-13H2,1-3H3,(H,30,34)(H,32,33). The second kappa shape index (κ2) is 9.98. The number of nitriles is 1. The van der Waals surface area contributed by atoms with Crippen molar-refractivity contribution in [2.75, 3.05) is 6.54 Å². The van der Waals surface area contributed by atoms with Crippen LogP contribution in [0.3, 0.4) is 0 Å². The molecule has 0 saturated carbocycles. The lowest BCUT2D eigenvalue weighted by Gasteiger charge is -2.27. The molecule has 1 heterocycles. The molecule has 1 saturated heterocycles. The Labute approximate surface area is 202 Å². The molecule has 2 aromatic rings. The van der Waals surface area contributed by atoms with Crippen molar-refractivity contribution in [1.29, 1.82) is 5.26 Å². The van der Waals surface area contributed by atoms with Gasteiger partial charge < -0.3 is 15.3 Å². The summed E-state index contributed by atoms with van der Waals surface area (Å²) in [6.45, 7) is 6.28. The van der Waals surface area contributed by atoms with Crippen LogP contribution < -0.4 is 5.32 Å². The maximum absolute atomic E-state index is 15.0. The van der Waals surface area contributed by atoms with Gasteiger partial charge in [0.1, 0.15) is 11.6 Å². The van der Waals surface area contributed by atoms with E-state index in [1.54, 1.807) is 6.07 Å². The van der Waals surface area contributed by atoms with Crippen molar-refractivity contribution in [1.82, 2.24) is 10.2 Å². The number of nitrogens with one attached hydrogen (secondary N) is 1. The Morgan fingerprint density at radius 2 is 1.97 bits per heavy atom. The maximum atomic E-state index is 15.0. The molecule has 0 aromatic heterocycles. The lowest BCUT2D eigenvalue weighted by atomic mass is 9.78. The molecular formula is C25H26ClF2N3O3. The summed E-state index contributed by atoms with van der Waals surface area (Å²) in [7, 11) is 0. The molecule has 0 aliphatic carbocycles. The number of halogens is 3. The molecule has 9 heteroatoms. The van der Waals surface area contributed by atoms with Crippen LogP contribution in [0.5, 0.6) is 0 Å². The van der Waals surface area contributed by atoms with E-state index in [1.807, 2.05) is 20.8 Å². The van der Waals surface area contributed by atoms with Crippen molar-refractivity contribution in [3.8, 4) is 6.07 Å². The number of amides is 2. The Balaban J connectivity index is 1.89. The molecule has 0 radical (unpaired) electrons. The molecule has 34 heavy (non-hydrogen) atoms. The highest BCUT2D eigenvalue weighted by molar-refractivity contribution is 6.30. The van der Waals surface area contributed by atoms with Crippen LogP contribution in [-0.4, -0.2) is 28.6 Å². The molecule has 2 aromatic carbocycles. The number of urea groups is 1. The van der Waals surface area contributed by atoms with Crippen molar-refractivity contribution in [3.63, 3.8) is 0 Å². The molecule has 0 bridgehead atoms. The summed E-state index contributed by atoms with van der Waals surface area (Å²) in [5.74, 6) is -3.80. The van der Waals surface area contributed by atoms with Gasteiger partial charge in [-0.15, -0.1) is 0 Å². The van der Waals surface area contributed by atoms with Crippen LogP contribution in [-0.2, 0) is 6.54 Å². The predicted octanol–water partition coefficient (Wildman–Crippen LogP) is 5.78. The van der Waals surface area contributed by atoms with E-state index in [1.165, 1.54) is 23.1 Å². The maximum Gasteiger partial charge on any atom is 0.338 e. The van der Waals surface area contributed by atoms with E-state index in [0.717, 1.165) is 12.1 Å². The fourth-order valence-electron chi connectivity index (χ4n) is 4.53. The number of hydrogen-bond donors (Lipinski definition) is 2.